The fraction of sp³-hybridized carbons (Fsp3) is 0.585. The summed E-state index contributed by atoms with van der Waals surface area (Å²) in [6, 6.07) is 12.1. The Balaban J connectivity index is 0.738. The van der Waals surface area contributed by atoms with Crippen LogP contribution < -0.4 is 26.6 Å². The number of carboxylic acid groups (broad SMARTS) is 1. The van der Waals surface area contributed by atoms with Gasteiger partial charge in [-0.05, 0) is 104 Å². The second-order valence-corrected chi connectivity index (χ2v) is 22.4. The van der Waals surface area contributed by atoms with Gasteiger partial charge in [-0.15, -0.1) is 0 Å². The minimum absolute atomic E-state index is 0.0166. The summed E-state index contributed by atoms with van der Waals surface area (Å²) in [5, 5.41) is 70.9. The first-order valence-electron chi connectivity index (χ1n) is 25.4. The molecule has 8 fully saturated rings. The van der Waals surface area contributed by atoms with Gasteiger partial charge in [-0.1, -0.05) is 55.8 Å². The highest BCUT2D eigenvalue weighted by Gasteiger charge is 2.76. The van der Waals surface area contributed by atoms with Gasteiger partial charge >= 0.3 is 12.1 Å². The van der Waals surface area contributed by atoms with Crippen molar-refractivity contribution in [2.45, 2.75) is 139 Å². The van der Waals surface area contributed by atoms with Crippen LogP contribution in [-0.4, -0.2) is 140 Å². The molecule has 2 aromatic rings. The molecule has 75 heavy (non-hydrogen) atoms. The van der Waals surface area contributed by atoms with Crippen molar-refractivity contribution < 1.29 is 87.9 Å². The lowest BCUT2D eigenvalue weighted by molar-refractivity contribution is -0.271. The summed E-state index contributed by atoms with van der Waals surface area (Å²) < 4.78 is 30.0. The van der Waals surface area contributed by atoms with Crippen LogP contribution in [0.2, 0.25) is 0 Å². The summed E-state index contributed by atoms with van der Waals surface area (Å²) in [5.74, 6) is 1.37. The van der Waals surface area contributed by atoms with Gasteiger partial charge in [0.2, 0.25) is 18.1 Å². The lowest BCUT2D eigenvalue weighted by Gasteiger charge is -2.70. The van der Waals surface area contributed by atoms with Crippen molar-refractivity contribution in [2.75, 3.05) is 25.1 Å². The summed E-state index contributed by atoms with van der Waals surface area (Å²) in [6.45, 7) is 2.61. The number of fused-ring (bicyclic) bond motifs is 7. The van der Waals surface area contributed by atoms with E-state index in [0.717, 1.165) is 55.2 Å². The molecule has 2 saturated heterocycles. The molecule has 404 valence electrons. The first kappa shape index (κ1) is 52.8. The third-order valence-corrected chi connectivity index (χ3v) is 17.8. The van der Waals surface area contributed by atoms with Crippen LogP contribution in [0.15, 0.2) is 66.3 Å². The molecule has 6 saturated carbocycles. The van der Waals surface area contributed by atoms with Crippen LogP contribution >= 0.6 is 0 Å². The zero-order chi connectivity index (χ0) is 53.4. The van der Waals surface area contributed by atoms with Crippen molar-refractivity contribution in [3.63, 3.8) is 0 Å². The van der Waals surface area contributed by atoms with Crippen LogP contribution in [0.25, 0.3) is 0 Å². The highest BCUT2D eigenvalue weighted by atomic mass is 16.7. The molecule has 3 amide bonds. The maximum Gasteiger partial charge on any atom is 0.407 e. The number of aliphatic carboxylic acids is 1. The Kier molecular flexibility index (Phi) is 13.9. The molecular formula is C53H64N4O18. The molecule has 2 bridgehead atoms. The van der Waals surface area contributed by atoms with Gasteiger partial charge < -0.3 is 70.3 Å². The molecule has 22 nitrogen and oxygen atoms in total. The number of ketones is 2. The molecule has 7 aliphatic carbocycles. The maximum atomic E-state index is 14.0. The SMILES string of the molecule is C[C@]12C=CC(=O)C=C1CC[C@@H]1[C@@H]2[C@@H](O)C[C@@]2(C)[C@H]1C[C@H]1OC(c3ccc(CC45CC(NC(=O)OCc6ccc(O[C@@H]7O[C@H](C(=O)O)[C@@H](O)[C@H](O)[C@H]7O)c(NC(=O)CCNC(=O)CON)c6)(C4)C5)cc3)O[C@]12C(=O)CO. The van der Waals surface area contributed by atoms with Gasteiger partial charge in [-0.25, -0.2) is 15.5 Å². The average molecular weight is 1050 g/mol. The molecule has 22 heteroatoms. The van der Waals surface area contributed by atoms with E-state index in [2.05, 4.69) is 27.7 Å². The van der Waals surface area contributed by atoms with Crippen LogP contribution in [0.5, 0.6) is 5.75 Å². The number of Topliss-reactive ketones (excluding diaryl/α,β-unsaturated/α-hetero) is 1. The summed E-state index contributed by atoms with van der Waals surface area (Å²) in [4.78, 5) is 80.1. The van der Waals surface area contributed by atoms with Gasteiger partial charge in [0.05, 0.1) is 17.9 Å². The zero-order valence-corrected chi connectivity index (χ0v) is 41.5. The molecule has 2 aliphatic heterocycles. The van der Waals surface area contributed by atoms with E-state index in [9.17, 15) is 59.4 Å². The number of nitrogens with one attached hydrogen (secondary N) is 3. The number of aliphatic hydroxyl groups is 5. The van der Waals surface area contributed by atoms with E-state index in [4.69, 9.17) is 29.6 Å². The third-order valence-electron chi connectivity index (χ3n) is 17.8. The first-order chi connectivity index (χ1) is 35.7. The number of amides is 3. The normalized spacial score (nSPS) is 38.7. The average Bonchev–Trinajstić information content (AvgIpc) is 3.85. The van der Waals surface area contributed by atoms with E-state index in [1.807, 2.05) is 37.3 Å². The van der Waals surface area contributed by atoms with E-state index in [0.29, 0.717) is 12.0 Å². The van der Waals surface area contributed by atoms with Crippen molar-refractivity contribution in [2.24, 2.45) is 39.9 Å². The number of carbonyl (C=O) groups is 6. The zero-order valence-electron chi connectivity index (χ0n) is 41.5. The number of nitrogens with two attached hydrogens (primary N) is 1. The van der Waals surface area contributed by atoms with Gasteiger partial charge in [-0.2, -0.15) is 0 Å². The van der Waals surface area contributed by atoms with E-state index < -0.39 is 114 Å². The molecular weight excluding hydrogens is 981 g/mol. The second kappa shape index (κ2) is 19.7. The number of carboxylic acids is 1. The maximum absolute atomic E-state index is 14.0. The number of allylic oxidation sites excluding steroid dienone is 4. The van der Waals surface area contributed by atoms with E-state index in [1.54, 1.807) is 12.2 Å². The molecule has 11 rings (SSSR count). The Morgan fingerprint density at radius 1 is 0.920 bits per heavy atom. The summed E-state index contributed by atoms with van der Waals surface area (Å²) >= 11 is 0. The van der Waals surface area contributed by atoms with Crippen molar-refractivity contribution in [3.05, 3.63) is 83.0 Å². The van der Waals surface area contributed by atoms with Crippen LogP contribution in [0.1, 0.15) is 88.2 Å². The molecule has 9 aliphatic rings. The molecule has 1 unspecified atom stereocenters. The van der Waals surface area contributed by atoms with Crippen molar-refractivity contribution in [1.29, 1.82) is 0 Å². The van der Waals surface area contributed by atoms with Gasteiger partial charge in [0.25, 0.3) is 0 Å². The van der Waals surface area contributed by atoms with Crippen molar-refractivity contribution in [1.82, 2.24) is 10.6 Å². The minimum Gasteiger partial charge on any atom is -0.479 e. The van der Waals surface area contributed by atoms with Gasteiger partial charge in [0, 0.05) is 40.8 Å². The fourth-order valence-corrected chi connectivity index (χ4v) is 14.6. The molecule has 0 radical (unpaired) electrons. The Labute approximate surface area is 430 Å². The Morgan fingerprint density at radius 3 is 2.36 bits per heavy atom. The molecule has 14 atom stereocenters. The summed E-state index contributed by atoms with van der Waals surface area (Å²) in [5.41, 5.74) is -0.0114. The van der Waals surface area contributed by atoms with Crippen LogP contribution in [0.4, 0.5) is 10.5 Å². The Morgan fingerprint density at radius 2 is 1.65 bits per heavy atom. The standard InChI is InChI=1S/C53H64N4O18/c1-49-13-11-30(59)16-29(49)8-9-31-32-17-37-53(36(61)20-58,50(32,2)19-34(60)40(31)49)75-46(73-37)28-6-3-26(4-7-28)18-51-23-52(24-51,25-51)57-48(69)70-21-27-5-10-35(33(15-27)56-38(62)12-14-55-39(63)22-71-54)72-47-43(66)41(64)42(65)44(74-47)45(67)68/h3-7,10-11,13,15-16,31-32,34,37,40-44,46-47,58,60,64-66H,8-9,12,14,17-25,54H2,1-2H3,(H,55,63)(H,56,62)(H,57,69)(H,67,68)/t31-,32-,34-,37+,40+,41-,42-,43+,44-,46?,47+,49-,50-,51?,52?,53+/m0/s1. The number of benzene rings is 2. The van der Waals surface area contributed by atoms with E-state index >= 15 is 0 Å². The molecule has 2 heterocycles. The smallest absolute Gasteiger partial charge is 0.407 e. The number of alkyl carbamates (subject to hydrolysis) is 1. The van der Waals surface area contributed by atoms with Crippen molar-refractivity contribution >= 4 is 41.1 Å². The first-order valence-corrected chi connectivity index (χ1v) is 25.4. The van der Waals surface area contributed by atoms with Crippen LogP contribution in [0.3, 0.4) is 0 Å². The predicted molar refractivity (Wildman–Crippen MR) is 257 cm³/mol. The number of hydrogen-bond acceptors (Lipinski definition) is 18. The van der Waals surface area contributed by atoms with Gasteiger partial charge in [-0.3, -0.25) is 24.0 Å². The summed E-state index contributed by atoms with van der Waals surface area (Å²) in [7, 11) is 0. The largest absolute Gasteiger partial charge is 0.479 e. The topological polar surface area (TPSA) is 341 Å². The minimum atomic E-state index is -1.96. The van der Waals surface area contributed by atoms with Crippen LogP contribution in [0, 0.1) is 34.0 Å². The number of ether oxygens (including phenoxy) is 5. The quantitative estimate of drug-likeness (QED) is 0.0998. The third kappa shape index (κ3) is 9.15. The number of hydrogen-bond donors (Lipinski definition) is 10. The summed E-state index contributed by atoms with van der Waals surface area (Å²) in [6.07, 6.45) is -2.21. The number of carbonyl (C=O) groups excluding carboxylic acids is 5. The highest BCUT2D eigenvalue weighted by Crippen LogP contribution is 2.71. The molecule has 2 aromatic carbocycles. The molecule has 0 spiro atoms. The van der Waals surface area contributed by atoms with Crippen LogP contribution in [-0.2, 0) is 60.8 Å². The van der Waals surface area contributed by atoms with Gasteiger partial charge in [0.15, 0.2) is 29.6 Å². The molecule has 0 aromatic heterocycles. The van der Waals surface area contributed by atoms with E-state index in [-0.39, 0.29) is 66.4 Å². The van der Waals surface area contributed by atoms with Gasteiger partial charge in [0.1, 0.15) is 43.9 Å². The Hall–Kier alpha value is -5.66. The number of anilines is 1. The highest BCUT2D eigenvalue weighted by molar-refractivity contribution is 6.01. The lowest BCUT2D eigenvalue weighted by atomic mass is 9.38. The number of rotatable bonds is 17. The van der Waals surface area contributed by atoms with E-state index in [1.165, 1.54) is 18.2 Å². The van der Waals surface area contributed by atoms with Crippen molar-refractivity contribution in [3.8, 4) is 5.75 Å². The molecule has 11 N–H and O–H groups in total. The fourth-order valence-electron chi connectivity index (χ4n) is 14.6. The Bertz CT molecular complexity index is 2680. The lowest BCUT2D eigenvalue weighted by Crippen LogP contribution is -2.75. The second-order valence-electron chi connectivity index (χ2n) is 22.4. The predicted octanol–water partition coefficient (Wildman–Crippen LogP) is 1.29. The monoisotopic (exact) mass is 1040 g/mol. The number of aliphatic hydroxyl groups excluding tert-OH is 5.